The molecule has 0 fully saturated rings. The van der Waals surface area contributed by atoms with Crippen molar-refractivity contribution in [2.45, 2.75) is 12.1 Å². The molecular weight excluding hydrogens is 463 g/mol. The van der Waals surface area contributed by atoms with Gasteiger partial charge in [-0.3, -0.25) is 9.36 Å². The fourth-order valence-corrected chi connectivity index (χ4v) is 4.19. The van der Waals surface area contributed by atoms with Crippen LogP contribution in [0.25, 0.3) is 17.1 Å². The van der Waals surface area contributed by atoms with Gasteiger partial charge in [0.2, 0.25) is 5.91 Å². The summed E-state index contributed by atoms with van der Waals surface area (Å²) in [7, 11) is 1.52. The van der Waals surface area contributed by atoms with Crippen molar-refractivity contribution in [3.05, 3.63) is 83.1 Å². The van der Waals surface area contributed by atoms with E-state index in [-0.39, 0.29) is 11.7 Å². The van der Waals surface area contributed by atoms with Gasteiger partial charge in [-0.1, -0.05) is 53.2 Å². The van der Waals surface area contributed by atoms with E-state index in [1.54, 1.807) is 41.0 Å². The van der Waals surface area contributed by atoms with Gasteiger partial charge in [-0.2, -0.15) is 0 Å². The lowest BCUT2D eigenvalue weighted by Gasteiger charge is -2.11. The molecule has 0 aliphatic rings. The molecule has 168 valence electrons. The zero-order valence-corrected chi connectivity index (χ0v) is 19.5. The molecule has 0 aliphatic heterocycles. The predicted molar refractivity (Wildman–Crippen MR) is 129 cm³/mol. The van der Waals surface area contributed by atoms with Crippen LogP contribution in [-0.2, 0) is 4.79 Å². The summed E-state index contributed by atoms with van der Waals surface area (Å²) in [5.74, 6) is 0.319. The molecule has 0 saturated heterocycles. The second kappa shape index (κ2) is 10.1. The smallest absolute Gasteiger partial charge is 0.234 e. The van der Waals surface area contributed by atoms with Gasteiger partial charge in [-0.15, -0.1) is 10.2 Å². The fraction of sp³-hybridized carbons (Fsp3) is 0.125. The Bertz CT molecular complexity index is 1290. The van der Waals surface area contributed by atoms with Gasteiger partial charge in [0.1, 0.15) is 11.6 Å². The van der Waals surface area contributed by atoms with E-state index in [9.17, 15) is 9.18 Å². The molecule has 1 aromatic heterocycles. The minimum atomic E-state index is -0.399. The van der Waals surface area contributed by atoms with E-state index in [1.807, 2.05) is 31.2 Å². The third-order valence-electron chi connectivity index (χ3n) is 4.81. The molecule has 0 bridgehead atoms. The summed E-state index contributed by atoms with van der Waals surface area (Å²) in [5.41, 5.74) is 2.74. The number of hydrogen-bond acceptors (Lipinski definition) is 5. The lowest BCUT2D eigenvalue weighted by molar-refractivity contribution is -0.113. The number of hydrogen-bond donors (Lipinski definition) is 1. The highest BCUT2D eigenvalue weighted by Crippen LogP contribution is 2.30. The Labute approximate surface area is 199 Å². The summed E-state index contributed by atoms with van der Waals surface area (Å²) in [4.78, 5) is 12.6. The van der Waals surface area contributed by atoms with Crippen molar-refractivity contribution in [2.75, 3.05) is 18.2 Å². The predicted octanol–water partition coefficient (Wildman–Crippen LogP) is 5.77. The average molecular weight is 483 g/mol. The summed E-state index contributed by atoms with van der Waals surface area (Å²) in [6.07, 6.45) is 0. The molecule has 0 saturated carbocycles. The van der Waals surface area contributed by atoms with E-state index >= 15 is 0 Å². The van der Waals surface area contributed by atoms with Gasteiger partial charge >= 0.3 is 0 Å². The van der Waals surface area contributed by atoms with Crippen LogP contribution < -0.4 is 10.1 Å². The lowest BCUT2D eigenvalue weighted by Crippen LogP contribution is -2.14. The number of carbonyl (C=O) groups is 1. The van der Waals surface area contributed by atoms with Crippen molar-refractivity contribution >= 4 is 35.0 Å². The van der Waals surface area contributed by atoms with Crippen molar-refractivity contribution in [2.24, 2.45) is 0 Å². The number of anilines is 1. The summed E-state index contributed by atoms with van der Waals surface area (Å²) >= 11 is 7.33. The Morgan fingerprint density at radius 1 is 1.12 bits per heavy atom. The second-order valence-electron chi connectivity index (χ2n) is 7.14. The topological polar surface area (TPSA) is 69.0 Å². The van der Waals surface area contributed by atoms with Gasteiger partial charge < -0.3 is 10.1 Å². The first-order valence-corrected chi connectivity index (χ1v) is 11.4. The standard InChI is InChI=1S/C24H20ClFN4O2S/c1-15-7-10-17(11-8-15)30-23(18-5-3-4-6-20(18)26)28-29-24(30)33-14-22(31)27-16-9-12-21(32-2)19(25)13-16/h3-13H,14H2,1-2H3,(H,27,31). The number of nitrogens with zero attached hydrogens (tertiary/aromatic N) is 3. The highest BCUT2D eigenvalue weighted by atomic mass is 35.5. The van der Waals surface area contributed by atoms with Crippen molar-refractivity contribution in [3.8, 4) is 22.8 Å². The monoisotopic (exact) mass is 482 g/mol. The van der Waals surface area contributed by atoms with E-state index in [1.165, 1.54) is 24.9 Å². The Hall–Kier alpha value is -3.36. The van der Waals surface area contributed by atoms with Crippen molar-refractivity contribution in [3.63, 3.8) is 0 Å². The first-order valence-electron chi connectivity index (χ1n) is 10.00. The third-order valence-corrected chi connectivity index (χ3v) is 6.03. The summed E-state index contributed by atoms with van der Waals surface area (Å²) in [5, 5.41) is 12.1. The molecule has 1 heterocycles. The van der Waals surface area contributed by atoms with Gasteiger partial charge in [0.15, 0.2) is 11.0 Å². The van der Waals surface area contributed by atoms with E-state index in [4.69, 9.17) is 16.3 Å². The molecule has 4 rings (SSSR count). The molecule has 0 aliphatic carbocycles. The molecular formula is C24H20ClFN4O2S. The van der Waals surface area contributed by atoms with Crippen LogP contribution in [0.3, 0.4) is 0 Å². The number of thioether (sulfide) groups is 1. The highest BCUT2D eigenvalue weighted by molar-refractivity contribution is 7.99. The van der Waals surface area contributed by atoms with Gasteiger partial charge in [-0.25, -0.2) is 4.39 Å². The molecule has 6 nitrogen and oxygen atoms in total. The summed E-state index contributed by atoms with van der Waals surface area (Å²) in [6, 6.07) is 19.1. The summed E-state index contributed by atoms with van der Waals surface area (Å²) < 4.78 is 21.4. The van der Waals surface area contributed by atoms with Crippen LogP contribution in [0.2, 0.25) is 5.02 Å². The molecule has 1 N–H and O–H groups in total. The largest absolute Gasteiger partial charge is 0.495 e. The summed E-state index contributed by atoms with van der Waals surface area (Å²) in [6.45, 7) is 1.99. The molecule has 0 spiro atoms. The number of halogens is 2. The first-order chi connectivity index (χ1) is 16.0. The number of nitrogens with one attached hydrogen (secondary N) is 1. The molecule has 9 heteroatoms. The number of carbonyl (C=O) groups excluding carboxylic acids is 1. The minimum Gasteiger partial charge on any atom is -0.495 e. The van der Waals surface area contributed by atoms with Gasteiger partial charge in [0.05, 0.1) is 23.4 Å². The van der Waals surface area contributed by atoms with E-state index in [2.05, 4.69) is 15.5 Å². The number of aromatic nitrogens is 3. The lowest BCUT2D eigenvalue weighted by atomic mass is 10.2. The van der Waals surface area contributed by atoms with Crippen LogP contribution in [0.5, 0.6) is 5.75 Å². The Morgan fingerprint density at radius 2 is 1.88 bits per heavy atom. The van der Waals surface area contributed by atoms with Crippen LogP contribution in [-0.4, -0.2) is 33.5 Å². The average Bonchev–Trinajstić information content (AvgIpc) is 3.22. The van der Waals surface area contributed by atoms with Crippen molar-refractivity contribution in [1.82, 2.24) is 14.8 Å². The van der Waals surface area contributed by atoms with Crippen LogP contribution >= 0.6 is 23.4 Å². The highest BCUT2D eigenvalue weighted by Gasteiger charge is 2.19. The van der Waals surface area contributed by atoms with Gasteiger partial charge in [-0.05, 0) is 49.4 Å². The quantitative estimate of drug-likeness (QED) is 0.338. The van der Waals surface area contributed by atoms with Crippen LogP contribution in [0, 0.1) is 12.7 Å². The zero-order chi connectivity index (χ0) is 23.4. The van der Waals surface area contributed by atoms with Crippen LogP contribution in [0.15, 0.2) is 71.9 Å². The van der Waals surface area contributed by atoms with Gasteiger partial charge in [0, 0.05) is 11.4 Å². The maximum absolute atomic E-state index is 14.5. The molecule has 33 heavy (non-hydrogen) atoms. The number of aryl methyl sites for hydroxylation is 1. The molecule has 4 aromatic rings. The number of ether oxygens (including phenoxy) is 1. The maximum Gasteiger partial charge on any atom is 0.234 e. The molecule has 0 radical (unpaired) electrons. The Balaban J connectivity index is 1.58. The zero-order valence-electron chi connectivity index (χ0n) is 17.9. The fourth-order valence-electron chi connectivity index (χ4n) is 3.18. The van der Waals surface area contributed by atoms with Crippen molar-refractivity contribution < 1.29 is 13.9 Å². The Kier molecular flexibility index (Phi) is 6.96. The third kappa shape index (κ3) is 5.18. The van der Waals surface area contributed by atoms with Crippen molar-refractivity contribution in [1.29, 1.82) is 0 Å². The normalized spacial score (nSPS) is 10.8. The first kappa shape index (κ1) is 22.8. The van der Waals surface area contributed by atoms with E-state index < -0.39 is 5.82 Å². The molecule has 0 atom stereocenters. The number of benzene rings is 3. The van der Waals surface area contributed by atoms with E-state index in [0.717, 1.165) is 11.3 Å². The molecule has 3 aromatic carbocycles. The Morgan fingerprint density at radius 3 is 2.58 bits per heavy atom. The second-order valence-corrected chi connectivity index (χ2v) is 8.49. The number of rotatable bonds is 7. The van der Waals surface area contributed by atoms with Crippen LogP contribution in [0.4, 0.5) is 10.1 Å². The number of methoxy groups -OCH3 is 1. The SMILES string of the molecule is COc1ccc(NC(=O)CSc2nnc(-c3ccccc3F)n2-c2ccc(C)cc2)cc1Cl. The van der Waals surface area contributed by atoms with Gasteiger partial charge in [0.25, 0.3) is 0 Å². The number of amides is 1. The molecule has 0 unspecified atom stereocenters. The minimum absolute atomic E-state index is 0.0743. The van der Waals surface area contributed by atoms with E-state index in [0.29, 0.717) is 33.0 Å². The van der Waals surface area contributed by atoms with Crippen LogP contribution in [0.1, 0.15) is 5.56 Å². The molecule has 1 amide bonds. The maximum atomic E-state index is 14.5.